The third-order valence-electron chi connectivity index (χ3n) is 3.70. The average Bonchev–Trinajstić information content (AvgIpc) is 2.82. The van der Waals surface area contributed by atoms with Crippen LogP contribution in [0.15, 0.2) is 0 Å². The second-order valence-corrected chi connectivity index (χ2v) is 5.42. The Labute approximate surface area is 115 Å². The van der Waals surface area contributed by atoms with Crippen LogP contribution in [0.4, 0.5) is 0 Å². The van der Waals surface area contributed by atoms with Crippen molar-refractivity contribution in [3.63, 3.8) is 0 Å². The number of amides is 2. The second-order valence-electron chi connectivity index (χ2n) is 5.42. The van der Waals surface area contributed by atoms with Crippen molar-refractivity contribution in [2.45, 2.75) is 52.1 Å². The summed E-state index contributed by atoms with van der Waals surface area (Å²) >= 11 is 0. The topological polar surface area (TPSA) is 69.6 Å². The molecule has 0 aliphatic carbocycles. The van der Waals surface area contributed by atoms with Crippen molar-refractivity contribution in [2.24, 2.45) is 5.92 Å². The lowest BCUT2D eigenvalue weighted by Gasteiger charge is -2.17. The number of nitrogens with one attached hydrogen (secondary N) is 1. The molecular formula is C14H26N2O3. The minimum atomic E-state index is -0.324. The number of hydrogen-bond donors (Lipinski definition) is 2. The van der Waals surface area contributed by atoms with E-state index in [-0.39, 0.29) is 23.8 Å². The molecule has 0 aromatic carbocycles. The summed E-state index contributed by atoms with van der Waals surface area (Å²) in [5.74, 6) is 0.434. The standard InChI is InChI=1S/C14H26N2O3/c1-11(17)13-7-9-16(10-13)14(19)6-4-3-5-8-15-12(2)18/h11,13,17H,3-10H2,1-2H3,(H,15,18). The van der Waals surface area contributed by atoms with Crippen LogP contribution in [0.1, 0.15) is 46.0 Å². The molecule has 0 bridgehead atoms. The maximum Gasteiger partial charge on any atom is 0.222 e. The summed E-state index contributed by atoms with van der Waals surface area (Å²) in [6.45, 7) is 5.47. The first-order chi connectivity index (χ1) is 9.00. The predicted molar refractivity (Wildman–Crippen MR) is 73.5 cm³/mol. The lowest BCUT2D eigenvalue weighted by atomic mass is 10.0. The molecule has 1 aliphatic heterocycles. The number of aliphatic hydroxyl groups is 1. The Bertz CT molecular complexity index is 305. The lowest BCUT2D eigenvalue weighted by Crippen LogP contribution is -2.30. The van der Waals surface area contributed by atoms with Crippen molar-refractivity contribution in [1.82, 2.24) is 10.2 Å². The molecule has 2 N–H and O–H groups in total. The van der Waals surface area contributed by atoms with Crippen LogP contribution in [0.3, 0.4) is 0 Å². The Kier molecular flexibility index (Phi) is 6.84. The molecule has 110 valence electrons. The first-order valence-electron chi connectivity index (χ1n) is 7.21. The first-order valence-corrected chi connectivity index (χ1v) is 7.21. The second kappa shape index (κ2) is 8.15. The number of unbranched alkanes of at least 4 members (excludes halogenated alkanes) is 2. The summed E-state index contributed by atoms with van der Waals surface area (Å²) in [6, 6.07) is 0. The molecular weight excluding hydrogens is 244 g/mol. The van der Waals surface area contributed by atoms with E-state index in [4.69, 9.17) is 0 Å². The fraction of sp³-hybridized carbons (Fsp3) is 0.857. The van der Waals surface area contributed by atoms with Crippen LogP contribution in [-0.4, -0.2) is 47.6 Å². The molecule has 0 saturated carbocycles. The predicted octanol–water partition coefficient (Wildman–Crippen LogP) is 0.912. The van der Waals surface area contributed by atoms with Crippen LogP contribution in [0.5, 0.6) is 0 Å². The van der Waals surface area contributed by atoms with Crippen LogP contribution in [-0.2, 0) is 9.59 Å². The largest absolute Gasteiger partial charge is 0.393 e. The van der Waals surface area contributed by atoms with Crippen LogP contribution in [0.25, 0.3) is 0 Å². The molecule has 1 aliphatic rings. The van der Waals surface area contributed by atoms with Crippen molar-refractivity contribution in [3.8, 4) is 0 Å². The summed E-state index contributed by atoms with van der Waals surface area (Å²) in [7, 11) is 0. The van der Waals surface area contributed by atoms with E-state index in [1.54, 1.807) is 6.92 Å². The number of aliphatic hydroxyl groups excluding tert-OH is 1. The normalized spacial score (nSPS) is 20.4. The van der Waals surface area contributed by atoms with Crippen LogP contribution in [0.2, 0.25) is 0 Å². The van der Waals surface area contributed by atoms with E-state index in [1.165, 1.54) is 6.92 Å². The molecule has 0 radical (unpaired) electrons. The highest BCUT2D eigenvalue weighted by Gasteiger charge is 2.28. The molecule has 2 amide bonds. The molecule has 1 heterocycles. The zero-order valence-electron chi connectivity index (χ0n) is 12.0. The molecule has 2 atom stereocenters. The Morgan fingerprint density at radius 1 is 1.37 bits per heavy atom. The van der Waals surface area contributed by atoms with E-state index in [9.17, 15) is 14.7 Å². The summed E-state index contributed by atoms with van der Waals surface area (Å²) < 4.78 is 0. The number of hydrogen-bond acceptors (Lipinski definition) is 3. The number of likely N-dealkylation sites (tertiary alicyclic amines) is 1. The van der Waals surface area contributed by atoms with Gasteiger partial charge in [-0.3, -0.25) is 9.59 Å². The van der Waals surface area contributed by atoms with Gasteiger partial charge in [0.1, 0.15) is 0 Å². The van der Waals surface area contributed by atoms with Gasteiger partial charge in [-0.25, -0.2) is 0 Å². The fourth-order valence-electron chi connectivity index (χ4n) is 2.41. The Morgan fingerprint density at radius 3 is 2.68 bits per heavy atom. The molecule has 5 nitrogen and oxygen atoms in total. The SMILES string of the molecule is CC(=O)NCCCCCC(=O)N1CCC(C(C)O)C1. The fourth-order valence-corrected chi connectivity index (χ4v) is 2.41. The molecule has 5 heteroatoms. The van der Waals surface area contributed by atoms with Gasteiger partial charge < -0.3 is 15.3 Å². The van der Waals surface area contributed by atoms with Crippen LogP contribution >= 0.6 is 0 Å². The molecule has 0 aromatic rings. The zero-order valence-corrected chi connectivity index (χ0v) is 12.0. The van der Waals surface area contributed by atoms with E-state index in [0.717, 1.165) is 32.2 Å². The van der Waals surface area contributed by atoms with E-state index in [1.807, 2.05) is 4.90 Å². The maximum absolute atomic E-state index is 11.9. The third-order valence-corrected chi connectivity index (χ3v) is 3.70. The first kappa shape index (κ1) is 16.0. The monoisotopic (exact) mass is 270 g/mol. The molecule has 19 heavy (non-hydrogen) atoms. The smallest absolute Gasteiger partial charge is 0.222 e. The molecule has 2 unspecified atom stereocenters. The average molecular weight is 270 g/mol. The van der Waals surface area contributed by atoms with Gasteiger partial charge in [0.15, 0.2) is 0 Å². The van der Waals surface area contributed by atoms with Gasteiger partial charge in [-0.15, -0.1) is 0 Å². The lowest BCUT2D eigenvalue weighted by molar-refractivity contribution is -0.130. The Balaban J connectivity index is 2.07. The van der Waals surface area contributed by atoms with Gasteiger partial charge in [0.25, 0.3) is 0 Å². The molecule has 1 saturated heterocycles. The molecule has 1 rings (SSSR count). The number of carbonyl (C=O) groups excluding carboxylic acids is 2. The van der Waals surface area contributed by atoms with Crippen molar-refractivity contribution in [1.29, 1.82) is 0 Å². The van der Waals surface area contributed by atoms with Gasteiger partial charge in [0, 0.05) is 38.9 Å². The van der Waals surface area contributed by atoms with Gasteiger partial charge in [-0.05, 0) is 26.2 Å². The highest BCUT2D eigenvalue weighted by atomic mass is 16.3. The van der Waals surface area contributed by atoms with E-state index < -0.39 is 0 Å². The van der Waals surface area contributed by atoms with E-state index >= 15 is 0 Å². The summed E-state index contributed by atoms with van der Waals surface area (Å²) in [6.07, 6.45) is 3.91. The van der Waals surface area contributed by atoms with Crippen molar-refractivity contribution >= 4 is 11.8 Å². The molecule has 0 spiro atoms. The quantitative estimate of drug-likeness (QED) is 0.676. The van der Waals surface area contributed by atoms with Gasteiger partial charge >= 0.3 is 0 Å². The minimum absolute atomic E-state index is 0.00249. The summed E-state index contributed by atoms with van der Waals surface area (Å²) in [5.41, 5.74) is 0. The number of rotatable bonds is 7. The van der Waals surface area contributed by atoms with Crippen molar-refractivity contribution < 1.29 is 14.7 Å². The summed E-state index contributed by atoms with van der Waals surface area (Å²) in [5, 5.41) is 12.2. The maximum atomic E-state index is 11.9. The number of carbonyl (C=O) groups is 2. The van der Waals surface area contributed by atoms with Crippen molar-refractivity contribution in [3.05, 3.63) is 0 Å². The molecule has 0 aromatic heterocycles. The highest BCUT2D eigenvalue weighted by molar-refractivity contribution is 5.76. The van der Waals surface area contributed by atoms with Crippen molar-refractivity contribution in [2.75, 3.05) is 19.6 Å². The van der Waals surface area contributed by atoms with Gasteiger partial charge in [0.05, 0.1) is 6.10 Å². The zero-order chi connectivity index (χ0) is 14.3. The van der Waals surface area contributed by atoms with Crippen LogP contribution in [0, 0.1) is 5.92 Å². The third kappa shape index (κ3) is 6.05. The number of nitrogens with zero attached hydrogens (tertiary/aromatic N) is 1. The van der Waals surface area contributed by atoms with E-state index in [2.05, 4.69) is 5.32 Å². The molecule has 1 fully saturated rings. The highest BCUT2D eigenvalue weighted by Crippen LogP contribution is 2.20. The Hall–Kier alpha value is -1.10. The van der Waals surface area contributed by atoms with E-state index in [0.29, 0.717) is 19.5 Å². The summed E-state index contributed by atoms with van der Waals surface area (Å²) in [4.78, 5) is 24.4. The van der Waals surface area contributed by atoms with Crippen LogP contribution < -0.4 is 5.32 Å². The van der Waals surface area contributed by atoms with Gasteiger partial charge in [-0.1, -0.05) is 6.42 Å². The van der Waals surface area contributed by atoms with Gasteiger partial charge in [0.2, 0.25) is 11.8 Å². The minimum Gasteiger partial charge on any atom is -0.393 e. The Morgan fingerprint density at radius 2 is 2.11 bits per heavy atom. The van der Waals surface area contributed by atoms with Gasteiger partial charge in [-0.2, -0.15) is 0 Å².